The van der Waals surface area contributed by atoms with E-state index in [0.29, 0.717) is 18.8 Å². The second kappa shape index (κ2) is 14.5. The van der Waals surface area contributed by atoms with Crippen LogP contribution in [0.2, 0.25) is 0 Å². The summed E-state index contributed by atoms with van der Waals surface area (Å²) in [6, 6.07) is 8.38. The van der Waals surface area contributed by atoms with Crippen molar-refractivity contribution < 1.29 is 23.9 Å². The molecule has 2 amide bonds. The summed E-state index contributed by atoms with van der Waals surface area (Å²) < 4.78 is 5.39. The van der Waals surface area contributed by atoms with Gasteiger partial charge in [-0.2, -0.15) is 0 Å². The fraction of sp³-hybridized carbons (Fsp3) is 0.630. The molecule has 0 radical (unpaired) electrons. The van der Waals surface area contributed by atoms with E-state index in [2.05, 4.69) is 24.5 Å². The molecule has 7 nitrogen and oxygen atoms in total. The monoisotopic (exact) mass is 474 g/mol. The number of rotatable bonds is 15. The van der Waals surface area contributed by atoms with Gasteiger partial charge in [-0.05, 0) is 44.1 Å². The van der Waals surface area contributed by atoms with E-state index in [1.54, 1.807) is 0 Å². The van der Waals surface area contributed by atoms with Crippen molar-refractivity contribution in [2.75, 3.05) is 6.54 Å². The van der Waals surface area contributed by atoms with Gasteiger partial charge in [0.15, 0.2) is 5.78 Å². The van der Waals surface area contributed by atoms with Crippen molar-refractivity contribution in [3.63, 3.8) is 0 Å². The topological polar surface area (TPSA) is 102 Å². The normalized spacial score (nSPS) is 12.4. The molecule has 1 atom stereocenters. The minimum atomic E-state index is -1.43. The minimum Gasteiger partial charge on any atom is -0.460 e. The van der Waals surface area contributed by atoms with Gasteiger partial charge in [0, 0.05) is 6.42 Å². The molecule has 0 aliphatic carbocycles. The predicted molar refractivity (Wildman–Crippen MR) is 133 cm³/mol. The van der Waals surface area contributed by atoms with Gasteiger partial charge in [-0.1, -0.05) is 70.9 Å². The first-order valence-electron chi connectivity index (χ1n) is 12.2. The van der Waals surface area contributed by atoms with Crippen LogP contribution in [0.25, 0.3) is 0 Å². The number of benzene rings is 1. The maximum absolute atomic E-state index is 13.3. The first kappa shape index (κ1) is 29.3. The van der Waals surface area contributed by atoms with Crippen LogP contribution in [0.3, 0.4) is 0 Å². The maximum atomic E-state index is 13.3. The Morgan fingerprint density at radius 2 is 1.56 bits per heavy atom. The summed E-state index contributed by atoms with van der Waals surface area (Å²) >= 11 is 0. The lowest BCUT2D eigenvalue weighted by Crippen LogP contribution is -2.52. The Morgan fingerprint density at radius 3 is 2.15 bits per heavy atom. The molecule has 0 bridgehead atoms. The van der Waals surface area contributed by atoms with Crippen LogP contribution in [-0.4, -0.2) is 36.2 Å². The summed E-state index contributed by atoms with van der Waals surface area (Å²) in [4.78, 5) is 50.5. The Labute approximate surface area is 204 Å². The van der Waals surface area contributed by atoms with E-state index in [1.807, 2.05) is 44.2 Å². The number of esters is 1. The quantitative estimate of drug-likeness (QED) is 0.225. The Morgan fingerprint density at radius 1 is 0.912 bits per heavy atom. The van der Waals surface area contributed by atoms with Crippen molar-refractivity contribution >= 4 is 23.6 Å². The first-order valence-corrected chi connectivity index (χ1v) is 12.2. The molecule has 0 spiro atoms. The molecular formula is C27H42N2O5. The lowest BCUT2D eigenvalue weighted by molar-refractivity contribution is -0.160. The van der Waals surface area contributed by atoms with Crippen molar-refractivity contribution in [1.29, 1.82) is 0 Å². The highest BCUT2D eigenvalue weighted by molar-refractivity contribution is 6.06. The van der Waals surface area contributed by atoms with Crippen molar-refractivity contribution in [1.82, 2.24) is 10.6 Å². The van der Waals surface area contributed by atoms with Crippen LogP contribution in [0.15, 0.2) is 30.3 Å². The van der Waals surface area contributed by atoms with E-state index in [9.17, 15) is 19.2 Å². The molecule has 0 aliphatic rings. The second-order valence-electron chi connectivity index (χ2n) is 10.2. The minimum absolute atomic E-state index is 0.0702. The average Bonchev–Trinajstić information content (AvgIpc) is 2.78. The molecule has 1 aromatic carbocycles. The Kier molecular flexibility index (Phi) is 12.5. The number of amides is 2. The van der Waals surface area contributed by atoms with Gasteiger partial charge >= 0.3 is 5.97 Å². The number of hydrogen-bond donors (Lipinski definition) is 2. The van der Waals surface area contributed by atoms with Crippen molar-refractivity contribution in [2.45, 2.75) is 86.3 Å². The summed E-state index contributed by atoms with van der Waals surface area (Å²) in [7, 11) is 0. The van der Waals surface area contributed by atoms with Crippen LogP contribution in [0.1, 0.15) is 79.2 Å². The number of hydrogen-bond acceptors (Lipinski definition) is 5. The van der Waals surface area contributed by atoms with Gasteiger partial charge in [-0.25, -0.2) is 0 Å². The average molecular weight is 475 g/mol. The highest BCUT2D eigenvalue weighted by Crippen LogP contribution is 2.24. The molecule has 0 aromatic heterocycles. The number of carbonyl (C=O) groups is 4. The summed E-state index contributed by atoms with van der Waals surface area (Å²) in [6.07, 6.45) is 3.56. The lowest BCUT2D eigenvalue weighted by Gasteiger charge is -2.28. The lowest BCUT2D eigenvalue weighted by atomic mass is 9.81. The largest absolute Gasteiger partial charge is 0.460 e. The third-order valence-corrected chi connectivity index (χ3v) is 5.58. The van der Waals surface area contributed by atoms with Gasteiger partial charge in [0.05, 0.1) is 12.6 Å². The molecule has 7 heteroatoms. The van der Waals surface area contributed by atoms with Crippen LogP contribution >= 0.6 is 0 Å². The van der Waals surface area contributed by atoms with Gasteiger partial charge < -0.3 is 15.4 Å². The molecule has 0 saturated heterocycles. The Balaban J connectivity index is 2.64. The fourth-order valence-electron chi connectivity index (χ4n) is 3.49. The molecule has 190 valence electrons. The number of nitrogens with one attached hydrogen (secondary N) is 2. The predicted octanol–water partition coefficient (Wildman–Crippen LogP) is 4.19. The molecule has 0 fully saturated rings. The molecule has 1 aromatic rings. The molecule has 0 aliphatic heterocycles. The first-order chi connectivity index (χ1) is 15.9. The van der Waals surface area contributed by atoms with Gasteiger partial charge in [0.25, 0.3) is 0 Å². The standard InChI is InChI=1S/C27H42N2O5/c1-19(2)12-10-11-15-23(30)28-17-24(31)29-22(16-20(3)4)25(32)27(5,6)26(33)34-18-21-13-8-7-9-14-21/h7-9,13-14,19-20,22H,10-12,15-18H2,1-6H3,(H,28,30)(H,29,31)/t22-/m0/s1. The van der Waals surface area contributed by atoms with Crippen LogP contribution in [0.5, 0.6) is 0 Å². The van der Waals surface area contributed by atoms with Crippen LogP contribution in [-0.2, 0) is 30.5 Å². The Hall–Kier alpha value is -2.70. The zero-order valence-corrected chi connectivity index (χ0v) is 21.6. The fourth-order valence-corrected chi connectivity index (χ4v) is 3.49. The summed E-state index contributed by atoms with van der Waals surface area (Å²) in [5.41, 5.74) is -0.604. The molecule has 0 unspecified atom stereocenters. The van der Waals surface area contributed by atoms with Crippen LogP contribution < -0.4 is 10.6 Å². The zero-order chi connectivity index (χ0) is 25.7. The van der Waals surface area contributed by atoms with Crippen molar-refractivity contribution in [3.8, 4) is 0 Å². The van der Waals surface area contributed by atoms with E-state index in [-0.39, 0.29) is 25.0 Å². The molecule has 34 heavy (non-hydrogen) atoms. The summed E-state index contributed by atoms with van der Waals surface area (Å²) in [6.45, 7) is 11.1. The van der Waals surface area contributed by atoms with E-state index < -0.39 is 29.1 Å². The SMILES string of the molecule is CC(C)CCCCC(=O)NCC(=O)N[C@@H](CC(C)C)C(=O)C(C)(C)C(=O)OCc1ccccc1. The van der Waals surface area contributed by atoms with Gasteiger partial charge in [0.2, 0.25) is 11.8 Å². The van der Waals surface area contributed by atoms with Gasteiger partial charge in [-0.3, -0.25) is 19.2 Å². The van der Waals surface area contributed by atoms with E-state index in [1.165, 1.54) is 13.8 Å². The zero-order valence-electron chi connectivity index (χ0n) is 21.6. The smallest absolute Gasteiger partial charge is 0.319 e. The van der Waals surface area contributed by atoms with Crippen molar-refractivity contribution in [2.24, 2.45) is 17.3 Å². The molecular weight excluding hydrogens is 432 g/mol. The van der Waals surface area contributed by atoms with Crippen molar-refractivity contribution in [3.05, 3.63) is 35.9 Å². The Bertz CT molecular complexity index is 802. The summed E-state index contributed by atoms with van der Waals surface area (Å²) in [5.74, 6) is -0.977. The number of carbonyl (C=O) groups excluding carboxylic acids is 4. The number of ether oxygens (including phenoxy) is 1. The third kappa shape index (κ3) is 10.9. The third-order valence-electron chi connectivity index (χ3n) is 5.58. The number of ketones is 1. The maximum Gasteiger partial charge on any atom is 0.319 e. The number of unbranched alkanes of at least 4 members (excludes halogenated alkanes) is 1. The molecule has 0 heterocycles. The van der Waals surface area contributed by atoms with E-state index in [0.717, 1.165) is 24.8 Å². The van der Waals surface area contributed by atoms with E-state index in [4.69, 9.17) is 4.74 Å². The van der Waals surface area contributed by atoms with E-state index >= 15 is 0 Å². The van der Waals surface area contributed by atoms with Gasteiger partial charge in [0.1, 0.15) is 12.0 Å². The highest BCUT2D eigenvalue weighted by Gasteiger charge is 2.42. The molecule has 0 saturated carbocycles. The summed E-state index contributed by atoms with van der Waals surface area (Å²) in [5, 5.41) is 5.32. The van der Waals surface area contributed by atoms with Crippen LogP contribution in [0, 0.1) is 17.3 Å². The molecule has 2 N–H and O–H groups in total. The van der Waals surface area contributed by atoms with Crippen LogP contribution in [0.4, 0.5) is 0 Å². The second-order valence-corrected chi connectivity index (χ2v) is 10.2. The number of Topliss-reactive ketones (excluding diaryl/α,β-unsaturated/α-hetero) is 1. The molecule has 1 rings (SSSR count). The highest BCUT2D eigenvalue weighted by atomic mass is 16.5. The van der Waals surface area contributed by atoms with Gasteiger partial charge in [-0.15, -0.1) is 0 Å².